The Morgan fingerprint density at radius 3 is 2.64 bits per heavy atom. The minimum Gasteiger partial charge on any atom is -0.465 e. The zero-order chi connectivity index (χ0) is 20.5. The summed E-state index contributed by atoms with van der Waals surface area (Å²) in [5.41, 5.74) is 1.14. The van der Waals surface area contributed by atoms with Crippen LogP contribution in [0.2, 0.25) is 0 Å². The van der Waals surface area contributed by atoms with Gasteiger partial charge in [-0.2, -0.15) is 0 Å². The van der Waals surface area contributed by atoms with E-state index in [4.69, 9.17) is 19.3 Å². The molecule has 2 rings (SSSR count). The SMILES string of the molecule is CC(C)CCOC1C(C)OC(=O)[C@@H](NC(=O)O)COC[C@@H]1Cc1ccccc1. The topological polar surface area (TPSA) is 94.1 Å². The first-order valence-electron chi connectivity index (χ1n) is 9.80. The highest BCUT2D eigenvalue weighted by Gasteiger charge is 2.35. The van der Waals surface area contributed by atoms with Crippen molar-refractivity contribution >= 4 is 12.1 Å². The molecule has 0 saturated carbocycles. The maximum absolute atomic E-state index is 12.4. The summed E-state index contributed by atoms with van der Waals surface area (Å²) in [4.78, 5) is 23.3. The summed E-state index contributed by atoms with van der Waals surface area (Å²) in [5, 5.41) is 11.1. The Hall–Kier alpha value is -2.12. The van der Waals surface area contributed by atoms with Crippen molar-refractivity contribution in [1.29, 1.82) is 0 Å². The smallest absolute Gasteiger partial charge is 0.405 e. The highest BCUT2D eigenvalue weighted by molar-refractivity contribution is 5.81. The average Bonchev–Trinajstić information content (AvgIpc) is 2.67. The molecule has 1 aliphatic heterocycles. The number of benzene rings is 1. The summed E-state index contributed by atoms with van der Waals surface area (Å²) in [6.45, 7) is 6.89. The molecule has 1 fully saturated rings. The van der Waals surface area contributed by atoms with Crippen LogP contribution in [0, 0.1) is 11.8 Å². The maximum Gasteiger partial charge on any atom is 0.405 e. The lowest BCUT2D eigenvalue weighted by Gasteiger charge is -2.31. The molecular weight excluding hydrogens is 362 g/mol. The second-order valence-electron chi connectivity index (χ2n) is 7.65. The molecule has 0 spiro atoms. The first-order chi connectivity index (χ1) is 13.4. The summed E-state index contributed by atoms with van der Waals surface area (Å²) in [6, 6.07) is 8.97. The summed E-state index contributed by atoms with van der Waals surface area (Å²) in [5.74, 6) is -0.171. The van der Waals surface area contributed by atoms with Gasteiger partial charge in [-0.15, -0.1) is 0 Å². The van der Waals surface area contributed by atoms with Crippen LogP contribution >= 0.6 is 0 Å². The van der Waals surface area contributed by atoms with Crippen LogP contribution in [0.25, 0.3) is 0 Å². The van der Waals surface area contributed by atoms with E-state index in [1.807, 2.05) is 30.3 Å². The summed E-state index contributed by atoms with van der Waals surface area (Å²) < 4.78 is 17.4. The third-order valence-electron chi connectivity index (χ3n) is 4.77. The van der Waals surface area contributed by atoms with Gasteiger partial charge in [0.25, 0.3) is 0 Å². The molecule has 1 amide bonds. The second-order valence-corrected chi connectivity index (χ2v) is 7.65. The molecular formula is C21H31NO6. The number of rotatable bonds is 7. The van der Waals surface area contributed by atoms with Crippen molar-refractivity contribution in [2.24, 2.45) is 11.8 Å². The number of nitrogens with one attached hydrogen (secondary N) is 1. The molecule has 7 heteroatoms. The van der Waals surface area contributed by atoms with Crippen LogP contribution in [-0.4, -0.2) is 55.2 Å². The Bertz CT molecular complexity index is 621. The molecule has 1 saturated heterocycles. The van der Waals surface area contributed by atoms with Crippen LogP contribution in [0.3, 0.4) is 0 Å². The fourth-order valence-electron chi connectivity index (χ4n) is 3.27. The van der Waals surface area contributed by atoms with Gasteiger partial charge in [0, 0.05) is 12.5 Å². The molecule has 0 aromatic heterocycles. The van der Waals surface area contributed by atoms with Crippen LogP contribution in [0.4, 0.5) is 4.79 Å². The van der Waals surface area contributed by atoms with E-state index in [1.165, 1.54) is 0 Å². The third kappa shape index (κ3) is 7.13. The zero-order valence-electron chi connectivity index (χ0n) is 16.8. The van der Waals surface area contributed by atoms with Gasteiger partial charge in [0.05, 0.1) is 19.3 Å². The molecule has 2 unspecified atom stereocenters. The largest absolute Gasteiger partial charge is 0.465 e. The lowest BCUT2D eigenvalue weighted by atomic mass is 9.91. The van der Waals surface area contributed by atoms with Crippen molar-refractivity contribution in [3.63, 3.8) is 0 Å². The van der Waals surface area contributed by atoms with Crippen LogP contribution < -0.4 is 5.32 Å². The number of carboxylic acid groups (broad SMARTS) is 1. The molecule has 0 aliphatic carbocycles. The molecule has 156 valence electrons. The number of carbonyl (C=O) groups is 2. The number of cyclic esters (lactones) is 1. The molecule has 28 heavy (non-hydrogen) atoms. The number of hydrogen-bond donors (Lipinski definition) is 2. The fourth-order valence-corrected chi connectivity index (χ4v) is 3.27. The molecule has 0 radical (unpaired) electrons. The highest BCUT2D eigenvalue weighted by Crippen LogP contribution is 2.23. The number of carbonyl (C=O) groups excluding carboxylic acids is 1. The van der Waals surface area contributed by atoms with Crippen molar-refractivity contribution < 1.29 is 28.9 Å². The van der Waals surface area contributed by atoms with Gasteiger partial charge in [-0.05, 0) is 31.2 Å². The van der Waals surface area contributed by atoms with E-state index in [2.05, 4.69) is 19.2 Å². The lowest BCUT2D eigenvalue weighted by Crippen LogP contribution is -2.46. The minimum absolute atomic E-state index is 0.0269. The zero-order valence-corrected chi connectivity index (χ0v) is 16.8. The average molecular weight is 393 g/mol. The molecule has 1 aromatic carbocycles. The van der Waals surface area contributed by atoms with Crippen molar-refractivity contribution in [2.45, 2.75) is 51.9 Å². The van der Waals surface area contributed by atoms with Crippen LogP contribution in [0.1, 0.15) is 32.8 Å². The number of ether oxygens (including phenoxy) is 3. The predicted molar refractivity (Wildman–Crippen MR) is 104 cm³/mol. The summed E-state index contributed by atoms with van der Waals surface area (Å²) >= 11 is 0. The van der Waals surface area contributed by atoms with Gasteiger partial charge in [-0.3, -0.25) is 0 Å². The third-order valence-corrected chi connectivity index (χ3v) is 4.77. The standard InChI is InChI=1S/C21H31NO6/c1-14(2)9-10-27-19-15(3)28-20(23)18(22-21(24)25)13-26-12-17(19)11-16-7-5-4-6-8-16/h4-8,14-15,17-19,22H,9-13H2,1-3H3,(H,24,25)/t15?,17-,18-,19?/m0/s1. The van der Waals surface area contributed by atoms with Crippen molar-refractivity contribution in [2.75, 3.05) is 19.8 Å². The van der Waals surface area contributed by atoms with E-state index in [9.17, 15) is 9.59 Å². The van der Waals surface area contributed by atoms with Crippen molar-refractivity contribution in [3.8, 4) is 0 Å². The Morgan fingerprint density at radius 2 is 2.00 bits per heavy atom. The van der Waals surface area contributed by atoms with E-state index in [0.29, 0.717) is 25.6 Å². The van der Waals surface area contributed by atoms with Crippen molar-refractivity contribution in [3.05, 3.63) is 35.9 Å². The monoisotopic (exact) mass is 393 g/mol. The Morgan fingerprint density at radius 1 is 1.29 bits per heavy atom. The van der Waals surface area contributed by atoms with Gasteiger partial charge in [0.15, 0.2) is 6.04 Å². The van der Waals surface area contributed by atoms with Gasteiger partial charge in [-0.25, -0.2) is 9.59 Å². The molecule has 1 heterocycles. The normalized spacial score (nSPS) is 26.1. The molecule has 1 aliphatic rings. The van der Waals surface area contributed by atoms with Gasteiger partial charge < -0.3 is 24.6 Å². The quantitative estimate of drug-likeness (QED) is 0.692. The van der Waals surface area contributed by atoms with Gasteiger partial charge in [0.1, 0.15) is 6.10 Å². The van der Waals surface area contributed by atoms with E-state index in [-0.39, 0.29) is 18.6 Å². The Balaban J connectivity index is 2.17. The maximum atomic E-state index is 12.4. The molecule has 4 atom stereocenters. The first-order valence-corrected chi connectivity index (χ1v) is 9.80. The summed E-state index contributed by atoms with van der Waals surface area (Å²) in [6.07, 6.45) is -0.534. The molecule has 1 aromatic rings. The molecule has 0 bridgehead atoms. The van der Waals surface area contributed by atoms with Gasteiger partial charge in [-0.1, -0.05) is 44.2 Å². The van der Waals surface area contributed by atoms with E-state index < -0.39 is 24.2 Å². The Kier molecular flexibility index (Phi) is 8.73. The summed E-state index contributed by atoms with van der Waals surface area (Å²) in [7, 11) is 0. The second kappa shape index (κ2) is 11.0. The van der Waals surface area contributed by atoms with Crippen LogP contribution in [0.15, 0.2) is 30.3 Å². The highest BCUT2D eigenvalue weighted by atomic mass is 16.6. The number of hydrogen-bond acceptors (Lipinski definition) is 5. The van der Waals surface area contributed by atoms with Gasteiger partial charge >= 0.3 is 12.1 Å². The van der Waals surface area contributed by atoms with Crippen LogP contribution in [0.5, 0.6) is 0 Å². The van der Waals surface area contributed by atoms with Gasteiger partial charge in [0.2, 0.25) is 0 Å². The van der Waals surface area contributed by atoms with E-state index in [1.54, 1.807) is 6.92 Å². The lowest BCUT2D eigenvalue weighted by molar-refractivity contribution is -0.160. The first kappa shape index (κ1) is 22.2. The molecule has 2 N–H and O–H groups in total. The fraction of sp³-hybridized carbons (Fsp3) is 0.619. The van der Waals surface area contributed by atoms with Crippen molar-refractivity contribution in [1.82, 2.24) is 5.32 Å². The van der Waals surface area contributed by atoms with E-state index >= 15 is 0 Å². The minimum atomic E-state index is -1.29. The molecule has 7 nitrogen and oxygen atoms in total. The van der Waals surface area contributed by atoms with Crippen LogP contribution in [-0.2, 0) is 25.4 Å². The predicted octanol–water partition coefficient (Wildman–Crippen LogP) is 2.87. The van der Waals surface area contributed by atoms with E-state index in [0.717, 1.165) is 12.0 Å². The number of amides is 1. The number of esters is 1. The Labute approximate surface area is 166 Å².